The Kier molecular flexibility index (Phi) is 5.09. The average Bonchev–Trinajstić information content (AvgIpc) is 3.24. The molecule has 3 aromatic rings. The zero-order valence-corrected chi connectivity index (χ0v) is 15.7. The maximum atomic E-state index is 12.1. The molecule has 0 N–H and O–H groups in total. The zero-order valence-electron chi connectivity index (χ0n) is 14.1. The first kappa shape index (κ1) is 17.3. The lowest BCUT2D eigenvalue weighted by Crippen LogP contribution is -2.10. The van der Waals surface area contributed by atoms with Gasteiger partial charge in [-0.05, 0) is 42.7 Å². The second kappa shape index (κ2) is 7.64. The van der Waals surface area contributed by atoms with Crippen LogP contribution in [0, 0.1) is 0 Å². The van der Waals surface area contributed by atoms with Crippen LogP contribution in [0.2, 0.25) is 5.02 Å². The fraction of sp³-hybridized carbons (Fsp3) is 0.250. The van der Waals surface area contributed by atoms with Crippen LogP contribution in [0.5, 0.6) is 0 Å². The summed E-state index contributed by atoms with van der Waals surface area (Å²) in [5.74, 6) is 1.16. The van der Waals surface area contributed by atoms with Gasteiger partial charge >= 0.3 is 0 Å². The summed E-state index contributed by atoms with van der Waals surface area (Å²) in [4.78, 5) is 12.1. The number of rotatable bonds is 5. The van der Waals surface area contributed by atoms with Crippen molar-refractivity contribution in [2.24, 2.45) is 0 Å². The number of benzene rings is 2. The van der Waals surface area contributed by atoms with Crippen LogP contribution in [0.25, 0.3) is 5.69 Å². The van der Waals surface area contributed by atoms with Crippen molar-refractivity contribution in [2.75, 3.05) is 0 Å². The third-order valence-electron chi connectivity index (χ3n) is 4.49. The fourth-order valence-corrected chi connectivity index (χ4v) is 4.47. The van der Waals surface area contributed by atoms with Gasteiger partial charge in [-0.15, -0.1) is 10.2 Å². The zero-order chi connectivity index (χ0) is 17.9. The number of hydrogen-bond donors (Lipinski definition) is 0. The molecule has 1 heterocycles. The molecule has 132 valence electrons. The van der Waals surface area contributed by atoms with E-state index in [-0.39, 0.29) is 5.25 Å². The van der Waals surface area contributed by atoms with Crippen LogP contribution in [0.3, 0.4) is 0 Å². The van der Waals surface area contributed by atoms with Gasteiger partial charge in [-0.1, -0.05) is 53.7 Å². The Hall–Kier alpha value is -2.11. The second-order valence-corrected chi connectivity index (χ2v) is 7.94. The van der Waals surface area contributed by atoms with Crippen molar-refractivity contribution in [3.63, 3.8) is 0 Å². The van der Waals surface area contributed by atoms with Crippen molar-refractivity contribution in [3.05, 3.63) is 71.0 Å². The van der Waals surface area contributed by atoms with Crippen LogP contribution < -0.4 is 0 Å². The first-order valence-corrected chi connectivity index (χ1v) is 9.90. The lowest BCUT2D eigenvalue weighted by molar-refractivity contribution is -0.116. The quantitative estimate of drug-likeness (QED) is 0.639. The summed E-state index contributed by atoms with van der Waals surface area (Å²) < 4.78 is 2.04. The smallest absolute Gasteiger partial charge is 0.196 e. The van der Waals surface area contributed by atoms with Gasteiger partial charge in [0.25, 0.3) is 0 Å². The summed E-state index contributed by atoms with van der Waals surface area (Å²) >= 11 is 7.57. The number of thioether (sulfide) groups is 1. The van der Waals surface area contributed by atoms with Gasteiger partial charge in [0.15, 0.2) is 5.16 Å². The fourth-order valence-electron chi connectivity index (χ4n) is 3.15. The predicted octanol–water partition coefficient (Wildman–Crippen LogP) is 4.73. The van der Waals surface area contributed by atoms with Crippen LogP contribution in [-0.4, -0.2) is 25.8 Å². The van der Waals surface area contributed by atoms with Crippen LogP contribution in [0.4, 0.5) is 0 Å². The largest absolute Gasteiger partial charge is 0.298 e. The summed E-state index contributed by atoms with van der Waals surface area (Å²) in [6.45, 7) is 0. The second-order valence-electron chi connectivity index (χ2n) is 6.34. The van der Waals surface area contributed by atoms with Crippen LogP contribution in [0.1, 0.15) is 30.7 Å². The van der Waals surface area contributed by atoms with Gasteiger partial charge in [-0.3, -0.25) is 9.36 Å². The van der Waals surface area contributed by atoms with Gasteiger partial charge < -0.3 is 0 Å². The van der Waals surface area contributed by atoms with Crippen LogP contribution in [0.15, 0.2) is 59.8 Å². The summed E-state index contributed by atoms with van der Waals surface area (Å²) in [5, 5.41) is 10.3. The third-order valence-corrected chi connectivity index (χ3v) is 6.00. The molecule has 0 spiro atoms. The summed E-state index contributed by atoms with van der Waals surface area (Å²) in [6.07, 6.45) is 3.21. The van der Waals surface area contributed by atoms with E-state index in [0.717, 1.165) is 29.5 Å². The highest BCUT2D eigenvalue weighted by Crippen LogP contribution is 2.33. The third kappa shape index (κ3) is 3.69. The Morgan fingerprint density at radius 2 is 1.85 bits per heavy atom. The minimum atomic E-state index is -0.0187. The molecular formula is C20H18ClN3OS. The average molecular weight is 384 g/mol. The van der Waals surface area contributed by atoms with E-state index in [2.05, 4.69) is 22.3 Å². The molecule has 26 heavy (non-hydrogen) atoms. The molecule has 0 aliphatic heterocycles. The van der Waals surface area contributed by atoms with E-state index in [4.69, 9.17) is 11.6 Å². The van der Waals surface area contributed by atoms with Crippen molar-refractivity contribution < 1.29 is 4.79 Å². The molecule has 1 saturated carbocycles. The van der Waals surface area contributed by atoms with Crippen molar-refractivity contribution in [1.29, 1.82) is 0 Å². The maximum Gasteiger partial charge on any atom is 0.196 e. The molecule has 1 aliphatic rings. The number of aromatic nitrogens is 3. The minimum Gasteiger partial charge on any atom is -0.298 e. The topological polar surface area (TPSA) is 47.8 Å². The van der Waals surface area contributed by atoms with Gasteiger partial charge in [0.2, 0.25) is 0 Å². The Morgan fingerprint density at radius 3 is 2.54 bits per heavy atom. The molecule has 1 atom stereocenters. The van der Waals surface area contributed by atoms with E-state index in [1.165, 1.54) is 17.3 Å². The lowest BCUT2D eigenvalue weighted by Gasteiger charge is -2.12. The highest BCUT2D eigenvalue weighted by atomic mass is 35.5. The van der Waals surface area contributed by atoms with E-state index in [1.807, 2.05) is 47.0 Å². The van der Waals surface area contributed by atoms with Gasteiger partial charge in [-0.25, -0.2) is 0 Å². The minimum absolute atomic E-state index is 0.0187. The van der Waals surface area contributed by atoms with Gasteiger partial charge in [0.05, 0.1) is 5.25 Å². The van der Waals surface area contributed by atoms with Gasteiger partial charge in [0.1, 0.15) is 11.6 Å². The molecule has 0 radical (unpaired) electrons. The van der Waals surface area contributed by atoms with E-state index < -0.39 is 0 Å². The van der Waals surface area contributed by atoms with Crippen molar-refractivity contribution in [2.45, 2.75) is 36.1 Å². The Morgan fingerprint density at radius 1 is 1.08 bits per heavy atom. The predicted molar refractivity (Wildman–Crippen MR) is 104 cm³/mol. The molecule has 6 heteroatoms. The monoisotopic (exact) mass is 383 g/mol. The number of carbonyl (C=O) groups is 1. The first-order chi connectivity index (χ1) is 12.7. The molecule has 4 nitrogen and oxygen atoms in total. The lowest BCUT2D eigenvalue weighted by atomic mass is 10.1. The highest BCUT2D eigenvalue weighted by molar-refractivity contribution is 8.00. The number of nitrogens with zero attached hydrogens (tertiary/aromatic N) is 3. The van der Waals surface area contributed by atoms with E-state index in [0.29, 0.717) is 23.6 Å². The Balaban J connectivity index is 1.71. The molecule has 1 aliphatic carbocycles. The van der Waals surface area contributed by atoms with Crippen LogP contribution >= 0.6 is 23.4 Å². The molecule has 0 bridgehead atoms. The maximum absolute atomic E-state index is 12.1. The summed E-state index contributed by atoms with van der Waals surface area (Å²) in [6, 6.07) is 17.8. The summed E-state index contributed by atoms with van der Waals surface area (Å²) in [7, 11) is 0. The number of ketones is 1. The number of carbonyl (C=O) groups excluding carboxylic acids is 1. The van der Waals surface area contributed by atoms with Gasteiger partial charge in [-0.2, -0.15) is 0 Å². The van der Waals surface area contributed by atoms with Crippen molar-refractivity contribution >= 4 is 29.1 Å². The molecule has 0 amide bonds. The normalized spacial score (nSPS) is 17.0. The molecule has 4 rings (SSSR count). The first-order valence-electron chi connectivity index (χ1n) is 8.64. The number of Topliss-reactive ketones (excluding diaryl/α,β-unsaturated/α-hetero) is 1. The molecule has 1 aromatic heterocycles. The van der Waals surface area contributed by atoms with Crippen LogP contribution in [-0.2, 0) is 11.2 Å². The summed E-state index contributed by atoms with van der Waals surface area (Å²) in [5.41, 5.74) is 2.13. The van der Waals surface area contributed by atoms with E-state index >= 15 is 0 Å². The molecule has 1 fully saturated rings. The van der Waals surface area contributed by atoms with E-state index in [9.17, 15) is 4.79 Å². The highest BCUT2D eigenvalue weighted by Gasteiger charge is 2.28. The van der Waals surface area contributed by atoms with Gasteiger partial charge in [0, 0.05) is 23.6 Å². The molecular weight excluding hydrogens is 366 g/mol. The molecule has 1 unspecified atom stereocenters. The van der Waals surface area contributed by atoms with Crippen molar-refractivity contribution in [3.8, 4) is 5.69 Å². The van der Waals surface area contributed by atoms with Crippen molar-refractivity contribution in [1.82, 2.24) is 14.8 Å². The Bertz CT molecular complexity index is 909. The number of halogens is 1. The number of hydrogen-bond acceptors (Lipinski definition) is 4. The Labute approximate surface area is 161 Å². The SMILES string of the molecule is O=C1CCCC1Sc1nnc(Cc2ccccc2)n1-c1ccc(Cl)cc1. The standard InChI is InChI=1S/C20H18ClN3OS/c21-15-9-11-16(12-10-15)24-19(13-14-5-2-1-3-6-14)22-23-20(24)26-18-8-4-7-17(18)25/h1-3,5-6,9-12,18H,4,7-8,13H2. The van der Waals surface area contributed by atoms with E-state index in [1.54, 1.807) is 0 Å². The molecule has 2 aromatic carbocycles. The molecule has 0 saturated heterocycles.